The largest absolute Gasteiger partial charge is 0.468 e. The molecule has 0 radical (unpaired) electrons. The molecule has 1 aliphatic rings. The topological polar surface area (TPSA) is 50.6 Å². The van der Waals surface area contributed by atoms with Crippen LogP contribution in [0.3, 0.4) is 0 Å². The van der Waals surface area contributed by atoms with E-state index in [-0.39, 0.29) is 0 Å². The van der Waals surface area contributed by atoms with Crippen molar-refractivity contribution < 1.29 is 8.83 Å². The standard InChI is InChI=1S/C19H24N4O2/c1-21(13-17-4-2-8-24-17)10-16-11-22(14-18-5-3-9-25-18)15-19-20-6-7-23(19)12-16/h2-9,16H,10-15H2,1H3. The van der Waals surface area contributed by atoms with Crippen molar-refractivity contribution in [3.63, 3.8) is 0 Å². The first-order valence-electron chi connectivity index (χ1n) is 8.72. The van der Waals surface area contributed by atoms with Gasteiger partial charge in [0.25, 0.3) is 0 Å². The number of furan rings is 2. The van der Waals surface area contributed by atoms with Gasteiger partial charge in [-0.15, -0.1) is 0 Å². The quantitative estimate of drug-likeness (QED) is 0.691. The number of hydrogen-bond acceptors (Lipinski definition) is 5. The van der Waals surface area contributed by atoms with E-state index in [1.807, 2.05) is 30.5 Å². The summed E-state index contributed by atoms with van der Waals surface area (Å²) < 4.78 is 13.3. The van der Waals surface area contributed by atoms with Crippen molar-refractivity contribution in [1.29, 1.82) is 0 Å². The van der Waals surface area contributed by atoms with Crippen LogP contribution in [0.2, 0.25) is 0 Å². The van der Waals surface area contributed by atoms with E-state index in [4.69, 9.17) is 8.83 Å². The summed E-state index contributed by atoms with van der Waals surface area (Å²) in [6.07, 6.45) is 7.46. The average molecular weight is 340 g/mol. The lowest BCUT2D eigenvalue weighted by Gasteiger charge is -2.26. The van der Waals surface area contributed by atoms with E-state index in [9.17, 15) is 0 Å². The van der Waals surface area contributed by atoms with Crippen molar-refractivity contribution in [1.82, 2.24) is 19.4 Å². The van der Waals surface area contributed by atoms with Crippen LogP contribution < -0.4 is 0 Å². The highest BCUT2D eigenvalue weighted by Gasteiger charge is 2.24. The predicted molar refractivity (Wildman–Crippen MR) is 93.6 cm³/mol. The van der Waals surface area contributed by atoms with Gasteiger partial charge in [0.05, 0.1) is 32.2 Å². The Kier molecular flexibility index (Phi) is 4.72. The molecule has 1 atom stereocenters. The molecular weight excluding hydrogens is 316 g/mol. The highest BCUT2D eigenvalue weighted by molar-refractivity contribution is 5.01. The van der Waals surface area contributed by atoms with Crippen molar-refractivity contribution in [3.8, 4) is 0 Å². The van der Waals surface area contributed by atoms with Gasteiger partial charge in [0.15, 0.2) is 0 Å². The van der Waals surface area contributed by atoms with Crippen molar-refractivity contribution in [2.75, 3.05) is 20.1 Å². The molecule has 0 amide bonds. The van der Waals surface area contributed by atoms with Crippen molar-refractivity contribution in [2.45, 2.75) is 26.2 Å². The zero-order valence-corrected chi connectivity index (χ0v) is 14.5. The Balaban J connectivity index is 1.44. The van der Waals surface area contributed by atoms with Gasteiger partial charge >= 0.3 is 0 Å². The number of hydrogen-bond donors (Lipinski definition) is 0. The van der Waals surface area contributed by atoms with Gasteiger partial charge in [0.1, 0.15) is 17.3 Å². The summed E-state index contributed by atoms with van der Waals surface area (Å²) in [6.45, 7) is 5.52. The van der Waals surface area contributed by atoms with Gasteiger partial charge in [0.2, 0.25) is 0 Å². The van der Waals surface area contributed by atoms with Crippen LogP contribution in [0.15, 0.2) is 58.0 Å². The van der Waals surface area contributed by atoms with Gasteiger partial charge in [0, 0.05) is 37.9 Å². The number of fused-ring (bicyclic) bond motifs is 1. The van der Waals surface area contributed by atoms with E-state index < -0.39 is 0 Å². The van der Waals surface area contributed by atoms with Gasteiger partial charge in [-0.2, -0.15) is 0 Å². The van der Waals surface area contributed by atoms with Gasteiger partial charge < -0.3 is 13.4 Å². The molecule has 0 fully saturated rings. The number of rotatable bonds is 6. The lowest BCUT2D eigenvalue weighted by atomic mass is 10.1. The molecule has 0 saturated heterocycles. The van der Waals surface area contributed by atoms with Crippen LogP contribution in [0, 0.1) is 5.92 Å². The Morgan fingerprint density at radius 1 is 1.16 bits per heavy atom. The van der Waals surface area contributed by atoms with Crippen molar-refractivity contribution in [3.05, 3.63) is 66.5 Å². The molecule has 3 aromatic rings. The minimum atomic E-state index is 0.519. The number of aromatic nitrogens is 2. The fourth-order valence-corrected chi connectivity index (χ4v) is 3.66. The molecule has 1 unspecified atom stereocenters. The normalized spacial score (nSPS) is 18.4. The fraction of sp³-hybridized carbons (Fsp3) is 0.421. The Bertz CT molecular complexity index is 763. The molecule has 0 saturated carbocycles. The molecule has 0 spiro atoms. The molecule has 4 rings (SSSR count). The highest BCUT2D eigenvalue weighted by Crippen LogP contribution is 2.19. The molecule has 25 heavy (non-hydrogen) atoms. The number of imidazole rings is 1. The van der Waals surface area contributed by atoms with Crippen LogP contribution in [-0.4, -0.2) is 39.5 Å². The Morgan fingerprint density at radius 3 is 2.72 bits per heavy atom. The second kappa shape index (κ2) is 7.29. The second-order valence-corrected chi connectivity index (χ2v) is 6.89. The summed E-state index contributed by atoms with van der Waals surface area (Å²) in [5, 5.41) is 0. The van der Waals surface area contributed by atoms with Crippen LogP contribution in [0.25, 0.3) is 0 Å². The van der Waals surface area contributed by atoms with Gasteiger partial charge in [-0.25, -0.2) is 4.98 Å². The SMILES string of the molecule is CN(Cc1ccco1)CC1CN(Cc2ccco2)Cc2nccn2C1. The summed E-state index contributed by atoms with van der Waals surface area (Å²) >= 11 is 0. The maximum atomic E-state index is 5.54. The Hall–Kier alpha value is -2.31. The maximum absolute atomic E-state index is 5.54. The van der Waals surface area contributed by atoms with Crippen molar-refractivity contribution in [2.24, 2.45) is 5.92 Å². The highest BCUT2D eigenvalue weighted by atomic mass is 16.3. The molecular formula is C19H24N4O2. The van der Waals surface area contributed by atoms with Gasteiger partial charge in [-0.05, 0) is 31.3 Å². The smallest absolute Gasteiger partial charge is 0.122 e. The average Bonchev–Trinajstić information content (AvgIpc) is 3.31. The predicted octanol–water partition coefficient (Wildman–Crippen LogP) is 2.83. The third-order valence-corrected chi connectivity index (χ3v) is 4.67. The molecule has 0 aromatic carbocycles. The summed E-state index contributed by atoms with van der Waals surface area (Å²) in [4.78, 5) is 9.29. The van der Waals surface area contributed by atoms with E-state index in [1.165, 1.54) is 0 Å². The lowest BCUT2D eigenvalue weighted by molar-refractivity contribution is 0.167. The minimum Gasteiger partial charge on any atom is -0.468 e. The van der Waals surface area contributed by atoms with Crippen LogP contribution >= 0.6 is 0 Å². The zero-order chi connectivity index (χ0) is 17.1. The fourth-order valence-electron chi connectivity index (χ4n) is 3.66. The monoisotopic (exact) mass is 340 g/mol. The zero-order valence-electron chi connectivity index (χ0n) is 14.5. The third-order valence-electron chi connectivity index (χ3n) is 4.67. The summed E-state index contributed by atoms with van der Waals surface area (Å²) in [6, 6.07) is 7.95. The van der Waals surface area contributed by atoms with Gasteiger partial charge in [-0.3, -0.25) is 9.80 Å². The van der Waals surface area contributed by atoms with Crippen LogP contribution in [-0.2, 0) is 26.2 Å². The second-order valence-electron chi connectivity index (χ2n) is 6.89. The molecule has 6 heteroatoms. The van der Waals surface area contributed by atoms with Crippen LogP contribution in [0.1, 0.15) is 17.3 Å². The molecule has 132 valence electrons. The first-order chi connectivity index (χ1) is 12.3. The Labute approximate surface area is 147 Å². The molecule has 0 bridgehead atoms. The molecule has 6 nitrogen and oxygen atoms in total. The minimum absolute atomic E-state index is 0.519. The number of nitrogens with zero attached hydrogens (tertiary/aromatic N) is 4. The van der Waals surface area contributed by atoms with Crippen LogP contribution in [0.4, 0.5) is 0 Å². The third kappa shape index (κ3) is 4.03. The maximum Gasteiger partial charge on any atom is 0.122 e. The summed E-state index contributed by atoms with van der Waals surface area (Å²) in [5.41, 5.74) is 0. The van der Waals surface area contributed by atoms with Crippen molar-refractivity contribution >= 4 is 0 Å². The van der Waals surface area contributed by atoms with Crippen LogP contribution in [0.5, 0.6) is 0 Å². The first kappa shape index (κ1) is 16.2. The van der Waals surface area contributed by atoms with E-state index in [1.54, 1.807) is 12.5 Å². The molecule has 0 N–H and O–H groups in total. The molecule has 4 heterocycles. The van der Waals surface area contributed by atoms with E-state index in [2.05, 4.69) is 32.6 Å². The Morgan fingerprint density at radius 2 is 1.96 bits per heavy atom. The van der Waals surface area contributed by atoms with E-state index in [0.717, 1.165) is 56.6 Å². The summed E-state index contributed by atoms with van der Waals surface area (Å²) in [5.74, 6) is 3.66. The lowest BCUT2D eigenvalue weighted by Crippen LogP contribution is -2.34. The molecule has 0 aliphatic carbocycles. The summed E-state index contributed by atoms with van der Waals surface area (Å²) in [7, 11) is 2.15. The molecule has 1 aliphatic heterocycles. The van der Waals surface area contributed by atoms with Gasteiger partial charge in [-0.1, -0.05) is 0 Å². The molecule has 3 aromatic heterocycles. The van der Waals surface area contributed by atoms with E-state index in [0.29, 0.717) is 5.92 Å². The van der Waals surface area contributed by atoms with E-state index >= 15 is 0 Å². The first-order valence-corrected chi connectivity index (χ1v) is 8.72.